The average molecular weight is 289 g/mol. The lowest BCUT2D eigenvalue weighted by atomic mass is 9.93. The fraction of sp³-hybridized carbons (Fsp3) is 0.467. The number of amides is 1. The molecule has 2 atom stereocenters. The van der Waals surface area contributed by atoms with Gasteiger partial charge in [0.15, 0.2) is 5.13 Å². The van der Waals surface area contributed by atoms with Crippen LogP contribution in [0.2, 0.25) is 0 Å². The number of benzene rings is 1. The zero-order valence-corrected chi connectivity index (χ0v) is 12.6. The van der Waals surface area contributed by atoms with E-state index in [4.69, 9.17) is 0 Å². The van der Waals surface area contributed by atoms with E-state index in [9.17, 15) is 4.79 Å². The number of carbonyl (C=O) groups is 1. The smallest absolute Gasteiger partial charge is 0.229 e. The molecule has 1 aromatic heterocycles. The maximum Gasteiger partial charge on any atom is 0.229 e. The number of carbonyl (C=O) groups excluding carboxylic acids is 1. The molecule has 0 aliphatic carbocycles. The molecule has 2 N–H and O–H groups in total. The van der Waals surface area contributed by atoms with Gasteiger partial charge in [0.1, 0.15) is 0 Å². The normalized spacial score (nSPS) is 22.9. The van der Waals surface area contributed by atoms with Gasteiger partial charge in [-0.25, -0.2) is 4.98 Å². The number of aromatic nitrogens is 1. The standard InChI is InChI=1S/C15H19N3OS/c1-9-4-3-5-12-13(9)17-15(20-12)18-14(19)11-6-7-16-10(2)8-11/h3-5,10-11,16H,6-8H2,1-2H3,(H,17,18,19)/t10-,11-/m0/s1. The van der Waals surface area contributed by atoms with Gasteiger partial charge in [-0.05, 0) is 44.9 Å². The van der Waals surface area contributed by atoms with E-state index in [0.717, 1.165) is 35.2 Å². The highest BCUT2D eigenvalue weighted by Crippen LogP contribution is 2.28. The van der Waals surface area contributed by atoms with Crippen molar-refractivity contribution in [3.63, 3.8) is 0 Å². The highest BCUT2D eigenvalue weighted by molar-refractivity contribution is 7.22. The zero-order valence-electron chi connectivity index (χ0n) is 11.8. The van der Waals surface area contributed by atoms with Crippen LogP contribution in [0.25, 0.3) is 10.2 Å². The topological polar surface area (TPSA) is 54.0 Å². The van der Waals surface area contributed by atoms with Crippen molar-refractivity contribution >= 4 is 32.6 Å². The van der Waals surface area contributed by atoms with Gasteiger partial charge in [-0.1, -0.05) is 23.5 Å². The van der Waals surface area contributed by atoms with Crippen molar-refractivity contribution in [3.05, 3.63) is 23.8 Å². The van der Waals surface area contributed by atoms with Gasteiger partial charge < -0.3 is 10.6 Å². The molecule has 5 heteroatoms. The van der Waals surface area contributed by atoms with Gasteiger partial charge in [-0.3, -0.25) is 4.79 Å². The van der Waals surface area contributed by atoms with E-state index in [1.165, 1.54) is 0 Å². The summed E-state index contributed by atoms with van der Waals surface area (Å²) in [5.74, 6) is 0.203. The fourth-order valence-electron chi connectivity index (χ4n) is 2.72. The van der Waals surface area contributed by atoms with Crippen LogP contribution in [0, 0.1) is 12.8 Å². The van der Waals surface area contributed by atoms with Crippen molar-refractivity contribution in [1.82, 2.24) is 10.3 Å². The number of nitrogens with zero attached hydrogens (tertiary/aromatic N) is 1. The number of aryl methyl sites for hydroxylation is 1. The molecule has 0 unspecified atom stereocenters. The third-order valence-electron chi connectivity index (χ3n) is 3.85. The molecule has 0 spiro atoms. The van der Waals surface area contributed by atoms with Crippen LogP contribution >= 0.6 is 11.3 Å². The maximum atomic E-state index is 12.3. The summed E-state index contributed by atoms with van der Waals surface area (Å²) in [4.78, 5) is 16.8. The Morgan fingerprint density at radius 3 is 3.10 bits per heavy atom. The number of para-hydroxylation sites is 1. The Labute approximate surface area is 122 Å². The maximum absolute atomic E-state index is 12.3. The quantitative estimate of drug-likeness (QED) is 0.893. The van der Waals surface area contributed by atoms with E-state index in [-0.39, 0.29) is 11.8 Å². The van der Waals surface area contributed by atoms with Gasteiger partial charge in [0.05, 0.1) is 10.2 Å². The monoisotopic (exact) mass is 289 g/mol. The number of nitrogens with one attached hydrogen (secondary N) is 2. The van der Waals surface area contributed by atoms with E-state index >= 15 is 0 Å². The summed E-state index contributed by atoms with van der Waals surface area (Å²) < 4.78 is 1.12. The first-order valence-corrected chi connectivity index (χ1v) is 7.85. The Morgan fingerprint density at radius 2 is 2.35 bits per heavy atom. The lowest BCUT2D eigenvalue weighted by Crippen LogP contribution is -2.40. The fourth-order valence-corrected chi connectivity index (χ4v) is 3.66. The van der Waals surface area contributed by atoms with Crippen molar-refractivity contribution in [2.24, 2.45) is 5.92 Å². The first-order valence-electron chi connectivity index (χ1n) is 7.04. The summed E-state index contributed by atoms with van der Waals surface area (Å²) >= 11 is 1.55. The number of hydrogen-bond donors (Lipinski definition) is 2. The van der Waals surface area contributed by atoms with Crippen molar-refractivity contribution < 1.29 is 4.79 Å². The molecule has 20 heavy (non-hydrogen) atoms. The molecule has 4 nitrogen and oxygen atoms in total. The molecular formula is C15H19N3OS. The highest BCUT2D eigenvalue weighted by atomic mass is 32.1. The van der Waals surface area contributed by atoms with Crippen LogP contribution in [-0.2, 0) is 4.79 Å². The molecule has 1 amide bonds. The predicted octanol–water partition coefficient (Wildman–Crippen LogP) is 2.93. The van der Waals surface area contributed by atoms with Gasteiger partial charge in [0.25, 0.3) is 0 Å². The van der Waals surface area contributed by atoms with Gasteiger partial charge >= 0.3 is 0 Å². The van der Waals surface area contributed by atoms with Crippen molar-refractivity contribution in [3.8, 4) is 0 Å². The second kappa shape index (κ2) is 5.50. The van der Waals surface area contributed by atoms with Crippen molar-refractivity contribution in [2.45, 2.75) is 32.7 Å². The third kappa shape index (κ3) is 2.69. The molecule has 0 bridgehead atoms. The highest BCUT2D eigenvalue weighted by Gasteiger charge is 2.25. The molecule has 0 saturated carbocycles. The molecule has 0 radical (unpaired) electrons. The Hall–Kier alpha value is -1.46. The minimum atomic E-state index is 0.0966. The second-order valence-corrected chi connectivity index (χ2v) is 6.54. The van der Waals surface area contributed by atoms with Gasteiger partial charge in [-0.15, -0.1) is 0 Å². The van der Waals surface area contributed by atoms with Crippen molar-refractivity contribution in [2.75, 3.05) is 11.9 Å². The first kappa shape index (κ1) is 13.5. The molecule has 106 valence electrons. The lowest BCUT2D eigenvalue weighted by molar-refractivity contribution is -0.120. The number of fused-ring (bicyclic) bond motifs is 1. The van der Waals surface area contributed by atoms with Crippen molar-refractivity contribution in [1.29, 1.82) is 0 Å². The van der Waals surface area contributed by atoms with Crippen LogP contribution in [-0.4, -0.2) is 23.5 Å². The zero-order chi connectivity index (χ0) is 14.1. The van der Waals surface area contributed by atoms with Crippen LogP contribution in [0.15, 0.2) is 18.2 Å². The van der Waals surface area contributed by atoms with Gasteiger partial charge in [0, 0.05) is 12.0 Å². The van der Waals surface area contributed by atoms with Gasteiger partial charge in [0.2, 0.25) is 5.91 Å². The molecule has 2 aromatic rings. The average Bonchev–Trinajstić information content (AvgIpc) is 2.83. The summed E-state index contributed by atoms with van der Waals surface area (Å²) in [6.45, 7) is 5.08. The van der Waals surface area contributed by atoms with E-state index < -0.39 is 0 Å². The van der Waals surface area contributed by atoms with Gasteiger partial charge in [-0.2, -0.15) is 0 Å². The lowest BCUT2D eigenvalue weighted by Gasteiger charge is -2.26. The molecule has 1 aliphatic heterocycles. The van der Waals surface area contributed by atoms with Crippen LogP contribution in [0.4, 0.5) is 5.13 Å². The summed E-state index contributed by atoms with van der Waals surface area (Å²) in [7, 11) is 0. The summed E-state index contributed by atoms with van der Waals surface area (Å²) in [5, 5.41) is 7.07. The van der Waals surface area contributed by atoms with E-state index in [2.05, 4.69) is 22.5 Å². The third-order valence-corrected chi connectivity index (χ3v) is 4.78. The Morgan fingerprint density at radius 1 is 1.50 bits per heavy atom. The molecule has 1 fully saturated rings. The van der Waals surface area contributed by atoms with Crippen LogP contribution in [0.5, 0.6) is 0 Å². The minimum absolute atomic E-state index is 0.0966. The summed E-state index contributed by atoms with van der Waals surface area (Å²) in [6, 6.07) is 6.53. The second-order valence-electron chi connectivity index (χ2n) is 5.51. The summed E-state index contributed by atoms with van der Waals surface area (Å²) in [5.41, 5.74) is 2.14. The number of piperidine rings is 1. The van der Waals surface area contributed by atoms with E-state index in [0.29, 0.717) is 11.2 Å². The largest absolute Gasteiger partial charge is 0.314 e. The SMILES string of the molecule is Cc1cccc2sc(NC(=O)[C@H]3CCN[C@@H](C)C3)nc12. The molecule has 2 heterocycles. The molecule has 3 rings (SSSR count). The Bertz CT molecular complexity index is 637. The summed E-state index contributed by atoms with van der Waals surface area (Å²) in [6.07, 6.45) is 1.80. The molecule has 1 aromatic carbocycles. The van der Waals surface area contributed by atoms with Crippen LogP contribution < -0.4 is 10.6 Å². The van der Waals surface area contributed by atoms with Crippen LogP contribution in [0.3, 0.4) is 0 Å². The molecular weight excluding hydrogens is 270 g/mol. The Kier molecular flexibility index (Phi) is 3.72. The minimum Gasteiger partial charge on any atom is -0.314 e. The number of rotatable bonds is 2. The predicted molar refractivity (Wildman–Crippen MR) is 83.2 cm³/mol. The van der Waals surface area contributed by atoms with E-state index in [1.807, 2.05) is 25.1 Å². The Balaban J connectivity index is 1.75. The first-order chi connectivity index (χ1) is 9.63. The molecule has 1 saturated heterocycles. The molecule has 1 aliphatic rings. The number of thiazole rings is 1. The number of anilines is 1. The van der Waals surface area contributed by atoms with E-state index in [1.54, 1.807) is 11.3 Å². The van der Waals surface area contributed by atoms with Crippen LogP contribution in [0.1, 0.15) is 25.3 Å². The number of hydrogen-bond acceptors (Lipinski definition) is 4.